The Kier molecular flexibility index (Phi) is 4.61. The number of carbonyl (C=O) groups is 1. The highest BCUT2D eigenvalue weighted by atomic mass is 79.9. The number of hydrogen-bond acceptors (Lipinski definition) is 4. The number of benzene rings is 1. The number of hydrogen-bond donors (Lipinski definition) is 2. The molecule has 1 heterocycles. The summed E-state index contributed by atoms with van der Waals surface area (Å²) in [6, 6.07) is 6.83. The van der Waals surface area contributed by atoms with Crippen molar-refractivity contribution in [2.75, 3.05) is 18.2 Å². The van der Waals surface area contributed by atoms with Crippen molar-refractivity contribution in [2.45, 2.75) is 0 Å². The number of anilines is 2. The number of amides is 1. The average Bonchev–Trinajstić information content (AvgIpc) is 2.41. The van der Waals surface area contributed by atoms with Crippen molar-refractivity contribution in [2.24, 2.45) is 0 Å². The number of methoxy groups -OCH3 is 1. The van der Waals surface area contributed by atoms with Crippen LogP contribution in [0.2, 0.25) is 0 Å². The summed E-state index contributed by atoms with van der Waals surface area (Å²) < 4.78 is 6.64. The van der Waals surface area contributed by atoms with Crippen LogP contribution in [0.5, 0.6) is 5.75 Å². The maximum absolute atomic E-state index is 12.2. The number of nitrogen functional groups attached to an aromatic ring is 1. The molecule has 7 heteroatoms. The number of ether oxygens (including phenoxy) is 1. The molecule has 0 saturated carbocycles. The van der Waals surface area contributed by atoms with Crippen LogP contribution in [0.1, 0.15) is 10.4 Å². The zero-order valence-electron chi connectivity index (χ0n) is 10.5. The van der Waals surface area contributed by atoms with Crippen LogP contribution < -0.4 is 15.8 Å². The number of carbonyl (C=O) groups excluding carboxylic acids is 1. The normalized spacial score (nSPS) is 10.2. The van der Waals surface area contributed by atoms with E-state index in [-0.39, 0.29) is 5.91 Å². The molecule has 0 aliphatic carbocycles. The van der Waals surface area contributed by atoms with Gasteiger partial charge in [0.2, 0.25) is 0 Å². The fraction of sp³-hybridized carbons (Fsp3) is 0.0769. The Hall–Kier alpha value is -1.60. The molecule has 0 bridgehead atoms. The van der Waals surface area contributed by atoms with Gasteiger partial charge in [-0.2, -0.15) is 0 Å². The molecule has 1 aromatic heterocycles. The standard InChI is InChI=1S/C13H11Br2N3O2/c1-20-11-4-7(14)2-3-9(11)13(19)18-12-10(15)5-8(16)6-17-12/h2-6H,16H2,1H3,(H,17,18,19). The minimum atomic E-state index is -0.313. The van der Waals surface area contributed by atoms with Crippen LogP contribution in [-0.4, -0.2) is 18.0 Å². The fourth-order valence-corrected chi connectivity index (χ4v) is 2.38. The first-order chi connectivity index (χ1) is 9.51. The van der Waals surface area contributed by atoms with Gasteiger partial charge in [-0.15, -0.1) is 0 Å². The number of nitrogens with two attached hydrogens (primary N) is 1. The minimum Gasteiger partial charge on any atom is -0.496 e. The van der Waals surface area contributed by atoms with Crippen LogP contribution in [0, 0.1) is 0 Å². The van der Waals surface area contributed by atoms with Crippen molar-refractivity contribution in [3.63, 3.8) is 0 Å². The molecule has 0 radical (unpaired) electrons. The van der Waals surface area contributed by atoms with E-state index in [1.807, 2.05) is 0 Å². The molecule has 0 unspecified atom stereocenters. The second-order valence-corrected chi connectivity index (χ2v) is 5.67. The summed E-state index contributed by atoms with van der Waals surface area (Å²) in [6.07, 6.45) is 1.47. The van der Waals surface area contributed by atoms with E-state index in [1.54, 1.807) is 24.3 Å². The van der Waals surface area contributed by atoms with Crippen molar-refractivity contribution >= 4 is 49.3 Å². The molecule has 20 heavy (non-hydrogen) atoms. The first-order valence-corrected chi connectivity index (χ1v) is 7.15. The van der Waals surface area contributed by atoms with E-state index < -0.39 is 0 Å². The summed E-state index contributed by atoms with van der Waals surface area (Å²) in [4.78, 5) is 16.3. The Morgan fingerprint density at radius 2 is 2.10 bits per heavy atom. The van der Waals surface area contributed by atoms with Crippen molar-refractivity contribution in [1.29, 1.82) is 0 Å². The largest absolute Gasteiger partial charge is 0.496 e. The average molecular weight is 401 g/mol. The van der Waals surface area contributed by atoms with Crippen molar-refractivity contribution < 1.29 is 9.53 Å². The molecular weight excluding hydrogens is 390 g/mol. The third kappa shape index (κ3) is 3.29. The Bertz CT molecular complexity index is 662. The van der Waals surface area contributed by atoms with Gasteiger partial charge in [0.25, 0.3) is 5.91 Å². The lowest BCUT2D eigenvalue weighted by atomic mass is 10.2. The molecule has 2 aromatic rings. The molecule has 1 aromatic carbocycles. The van der Waals surface area contributed by atoms with E-state index in [1.165, 1.54) is 13.3 Å². The molecule has 0 saturated heterocycles. The minimum absolute atomic E-state index is 0.313. The van der Waals surface area contributed by atoms with Crippen molar-refractivity contribution in [1.82, 2.24) is 4.98 Å². The van der Waals surface area contributed by atoms with Gasteiger partial charge in [-0.25, -0.2) is 4.98 Å². The van der Waals surface area contributed by atoms with Gasteiger partial charge in [0, 0.05) is 4.47 Å². The first-order valence-electron chi connectivity index (χ1n) is 5.57. The number of halogens is 2. The summed E-state index contributed by atoms with van der Waals surface area (Å²) in [5.41, 5.74) is 6.53. The van der Waals surface area contributed by atoms with Crippen LogP contribution in [0.4, 0.5) is 11.5 Å². The summed E-state index contributed by atoms with van der Waals surface area (Å²) in [5, 5.41) is 2.70. The van der Waals surface area contributed by atoms with E-state index in [0.717, 1.165) is 4.47 Å². The number of aromatic nitrogens is 1. The molecule has 0 spiro atoms. The first kappa shape index (κ1) is 14.8. The lowest BCUT2D eigenvalue weighted by Gasteiger charge is -2.10. The van der Waals surface area contributed by atoms with E-state index in [9.17, 15) is 4.79 Å². The zero-order valence-corrected chi connectivity index (χ0v) is 13.7. The molecule has 0 atom stereocenters. The second-order valence-electron chi connectivity index (χ2n) is 3.90. The van der Waals surface area contributed by atoms with Gasteiger partial charge in [0.05, 0.1) is 29.0 Å². The fourth-order valence-electron chi connectivity index (χ4n) is 1.57. The summed E-state index contributed by atoms with van der Waals surface area (Å²) >= 11 is 6.63. The number of rotatable bonds is 3. The number of pyridine rings is 1. The summed E-state index contributed by atoms with van der Waals surface area (Å²) in [7, 11) is 1.51. The molecule has 5 nitrogen and oxygen atoms in total. The van der Waals surface area contributed by atoms with Gasteiger partial charge in [0.1, 0.15) is 11.6 Å². The Labute approximate surface area is 132 Å². The molecule has 1 amide bonds. The molecule has 2 rings (SSSR count). The van der Waals surface area contributed by atoms with E-state index >= 15 is 0 Å². The maximum atomic E-state index is 12.2. The third-order valence-corrected chi connectivity index (χ3v) is 3.60. The molecule has 0 aliphatic heterocycles. The van der Waals surface area contributed by atoms with Crippen LogP contribution in [0.25, 0.3) is 0 Å². The van der Waals surface area contributed by atoms with Crippen LogP contribution in [0.15, 0.2) is 39.4 Å². The SMILES string of the molecule is COc1cc(Br)ccc1C(=O)Nc1ncc(N)cc1Br. The molecular formula is C13H11Br2N3O2. The topological polar surface area (TPSA) is 77.2 Å². The van der Waals surface area contributed by atoms with Crippen molar-refractivity contribution in [3.05, 3.63) is 45.0 Å². The van der Waals surface area contributed by atoms with Gasteiger partial charge in [-0.1, -0.05) is 15.9 Å². The quantitative estimate of drug-likeness (QED) is 0.827. The highest BCUT2D eigenvalue weighted by molar-refractivity contribution is 9.10. The van der Waals surface area contributed by atoms with Crippen molar-refractivity contribution in [3.8, 4) is 5.75 Å². The smallest absolute Gasteiger partial charge is 0.260 e. The van der Waals surface area contributed by atoms with Gasteiger partial charge < -0.3 is 15.8 Å². The predicted octanol–water partition coefficient (Wildman–Crippen LogP) is 3.45. The molecule has 0 aliphatic rings. The lowest BCUT2D eigenvalue weighted by molar-refractivity contribution is 0.102. The van der Waals surface area contributed by atoms with E-state index in [0.29, 0.717) is 27.3 Å². The van der Waals surface area contributed by atoms with Gasteiger partial charge in [0.15, 0.2) is 0 Å². The number of nitrogens with zero attached hydrogens (tertiary/aromatic N) is 1. The van der Waals surface area contributed by atoms with E-state index in [2.05, 4.69) is 42.2 Å². The monoisotopic (exact) mass is 399 g/mol. The van der Waals surface area contributed by atoms with Crippen LogP contribution in [0.3, 0.4) is 0 Å². The third-order valence-electron chi connectivity index (χ3n) is 2.50. The second kappa shape index (κ2) is 6.23. The molecule has 0 fully saturated rings. The Balaban J connectivity index is 2.28. The summed E-state index contributed by atoms with van der Waals surface area (Å²) in [5.74, 6) is 0.560. The van der Waals surface area contributed by atoms with Gasteiger partial charge in [-0.05, 0) is 40.2 Å². The zero-order chi connectivity index (χ0) is 14.7. The van der Waals surface area contributed by atoms with Gasteiger partial charge in [-0.3, -0.25) is 4.79 Å². The lowest BCUT2D eigenvalue weighted by Crippen LogP contribution is -2.14. The molecule has 3 N–H and O–H groups in total. The number of nitrogens with one attached hydrogen (secondary N) is 1. The highest BCUT2D eigenvalue weighted by Crippen LogP contribution is 2.26. The summed E-state index contributed by atoms with van der Waals surface area (Å²) in [6.45, 7) is 0. The van der Waals surface area contributed by atoms with E-state index in [4.69, 9.17) is 10.5 Å². The van der Waals surface area contributed by atoms with Gasteiger partial charge >= 0.3 is 0 Å². The Morgan fingerprint density at radius 3 is 2.75 bits per heavy atom. The van der Waals surface area contributed by atoms with Crippen LogP contribution in [-0.2, 0) is 0 Å². The Morgan fingerprint density at radius 1 is 1.35 bits per heavy atom. The highest BCUT2D eigenvalue weighted by Gasteiger charge is 2.14. The molecule has 104 valence electrons. The maximum Gasteiger partial charge on any atom is 0.260 e. The van der Waals surface area contributed by atoms with Crippen LogP contribution >= 0.6 is 31.9 Å². The predicted molar refractivity (Wildman–Crippen MR) is 85.0 cm³/mol.